The first kappa shape index (κ1) is 31.2. The number of piperazine rings is 1. The van der Waals surface area contributed by atoms with Gasteiger partial charge in [-0.1, -0.05) is 29.8 Å². The number of hydrogen-bond acceptors (Lipinski definition) is 6. The van der Waals surface area contributed by atoms with Crippen molar-refractivity contribution in [3.05, 3.63) is 88.9 Å². The van der Waals surface area contributed by atoms with E-state index in [0.29, 0.717) is 41.7 Å². The number of carboxylic acids is 2. The van der Waals surface area contributed by atoms with Crippen molar-refractivity contribution >= 4 is 40.8 Å². The van der Waals surface area contributed by atoms with Crippen molar-refractivity contribution in [2.75, 3.05) is 49.5 Å². The van der Waals surface area contributed by atoms with Crippen LogP contribution in [0, 0.1) is 0 Å². The number of alkyl halides is 3. The van der Waals surface area contributed by atoms with E-state index in [0.717, 1.165) is 25.4 Å². The molecule has 0 radical (unpaired) electrons. The molecular weight excluding hydrogens is 567 g/mol. The molecule has 1 aliphatic rings. The van der Waals surface area contributed by atoms with Gasteiger partial charge in [0.25, 0.3) is 5.91 Å². The smallest absolute Gasteiger partial charge is 0.490 e. The molecule has 1 aliphatic heterocycles. The Hall–Kier alpha value is -4.29. The molecule has 0 atom stereocenters. The molecule has 0 spiro atoms. The lowest BCUT2D eigenvalue weighted by molar-refractivity contribution is -0.192. The Morgan fingerprint density at radius 2 is 1.51 bits per heavy atom. The van der Waals surface area contributed by atoms with E-state index in [4.69, 9.17) is 26.2 Å². The molecule has 4 rings (SSSR count). The third-order valence-electron chi connectivity index (χ3n) is 5.97. The molecule has 0 aromatic heterocycles. The van der Waals surface area contributed by atoms with Crippen LogP contribution in [0.1, 0.15) is 20.7 Å². The summed E-state index contributed by atoms with van der Waals surface area (Å²) in [6.07, 6.45) is -5.08. The number of nitrogens with zero attached hydrogens (tertiary/aromatic N) is 2. The topological polar surface area (TPSA) is 119 Å². The van der Waals surface area contributed by atoms with Gasteiger partial charge in [-0.2, -0.15) is 13.2 Å². The molecule has 218 valence electrons. The summed E-state index contributed by atoms with van der Waals surface area (Å²) in [5, 5.41) is 20.4. The number of amides is 1. The minimum Gasteiger partial charge on any atom is -0.492 e. The maximum Gasteiger partial charge on any atom is 0.490 e. The summed E-state index contributed by atoms with van der Waals surface area (Å²) in [5.41, 5.74) is 1.79. The number of carboxylic acid groups (broad SMARTS) is 2. The number of rotatable bonds is 8. The quantitative estimate of drug-likeness (QED) is 0.329. The predicted octanol–water partition coefficient (Wildman–Crippen LogP) is 5.12. The summed E-state index contributed by atoms with van der Waals surface area (Å²) in [6.45, 7) is 4.36. The molecule has 9 nitrogen and oxygen atoms in total. The third-order valence-corrected chi connectivity index (χ3v) is 6.22. The van der Waals surface area contributed by atoms with E-state index >= 15 is 0 Å². The van der Waals surface area contributed by atoms with E-state index in [9.17, 15) is 27.9 Å². The first-order valence-electron chi connectivity index (χ1n) is 12.3. The van der Waals surface area contributed by atoms with Crippen LogP contribution in [-0.2, 0) is 4.79 Å². The van der Waals surface area contributed by atoms with Gasteiger partial charge in [-0.25, -0.2) is 9.59 Å². The van der Waals surface area contributed by atoms with Crippen molar-refractivity contribution < 1.29 is 42.5 Å². The number of carbonyl (C=O) groups excluding carboxylic acids is 1. The van der Waals surface area contributed by atoms with E-state index in [2.05, 4.69) is 15.1 Å². The van der Waals surface area contributed by atoms with E-state index in [1.807, 2.05) is 18.2 Å². The largest absolute Gasteiger partial charge is 0.492 e. The number of ether oxygens (including phenoxy) is 1. The van der Waals surface area contributed by atoms with Crippen LogP contribution in [0.25, 0.3) is 0 Å². The highest BCUT2D eigenvalue weighted by Crippen LogP contribution is 2.26. The maximum atomic E-state index is 12.4. The molecule has 3 N–H and O–H groups in total. The highest BCUT2D eigenvalue weighted by molar-refractivity contribution is 6.30. The fourth-order valence-electron chi connectivity index (χ4n) is 3.89. The number of halogens is 4. The third kappa shape index (κ3) is 9.69. The van der Waals surface area contributed by atoms with Crippen LogP contribution < -0.4 is 15.0 Å². The van der Waals surface area contributed by atoms with Gasteiger partial charge in [0, 0.05) is 49.0 Å². The number of nitrogens with one attached hydrogen (secondary N) is 1. The fraction of sp³-hybridized carbons (Fsp3) is 0.250. The van der Waals surface area contributed by atoms with Crippen molar-refractivity contribution in [2.45, 2.75) is 6.18 Å². The molecule has 41 heavy (non-hydrogen) atoms. The minimum absolute atomic E-state index is 0.172. The number of benzene rings is 3. The van der Waals surface area contributed by atoms with Gasteiger partial charge in [-0.05, 0) is 54.6 Å². The lowest BCUT2D eigenvalue weighted by atomic mass is 10.1. The van der Waals surface area contributed by atoms with Crippen LogP contribution in [0.5, 0.6) is 5.75 Å². The van der Waals surface area contributed by atoms with Crippen molar-refractivity contribution in [1.82, 2.24) is 4.90 Å². The Morgan fingerprint density at radius 1 is 0.902 bits per heavy atom. The highest BCUT2D eigenvalue weighted by atomic mass is 35.5. The standard InChI is InChI=1S/C26H26ClN3O4.C2HF3O2/c27-20-6-9-22(10-7-20)34-17-16-29-12-14-30(15-13-29)24-11-8-21(18-23(24)26(32)33)28-25(31)19-4-2-1-3-5-19;3-2(4,5)1(6)7/h1-11,18H,12-17H2,(H,28,31)(H,32,33);(H,6,7). The van der Waals surface area contributed by atoms with Crippen molar-refractivity contribution in [3.63, 3.8) is 0 Å². The molecule has 1 saturated heterocycles. The van der Waals surface area contributed by atoms with Gasteiger partial charge in [0.2, 0.25) is 0 Å². The summed E-state index contributed by atoms with van der Waals surface area (Å²) in [5.74, 6) is -3.27. The van der Waals surface area contributed by atoms with Gasteiger partial charge in [0.1, 0.15) is 12.4 Å². The van der Waals surface area contributed by atoms with Crippen molar-refractivity contribution in [2.24, 2.45) is 0 Å². The van der Waals surface area contributed by atoms with E-state index < -0.39 is 18.1 Å². The Bertz CT molecular complexity index is 1330. The second-order valence-corrected chi connectivity index (χ2v) is 9.23. The second-order valence-electron chi connectivity index (χ2n) is 8.79. The van der Waals surface area contributed by atoms with Crippen LogP contribution in [0.2, 0.25) is 5.02 Å². The van der Waals surface area contributed by atoms with Gasteiger partial charge < -0.3 is 25.2 Å². The molecular formula is C28H27ClF3N3O6. The fourth-order valence-corrected chi connectivity index (χ4v) is 4.02. The van der Waals surface area contributed by atoms with E-state index in [1.54, 1.807) is 48.5 Å². The number of aliphatic carboxylic acids is 1. The summed E-state index contributed by atoms with van der Waals surface area (Å²) in [7, 11) is 0. The Balaban J connectivity index is 0.000000587. The first-order valence-corrected chi connectivity index (χ1v) is 12.7. The van der Waals surface area contributed by atoms with Gasteiger partial charge in [-0.15, -0.1) is 0 Å². The molecule has 13 heteroatoms. The number of anilines is 2. The van der Waals surface area contributed by atoms with Crippen molar-refractivity contribution in [1.29, 1.82) is 0 Å². The molecule has 3 aromatic rings. The summed E-state index contributed by atoms with van der Waals surface area (Å²) < 4.78 is 37.5. The van der Waals surface area contributed by atoms with Gasteiger partial charge in [-0.3, -0.25) is 9.69 Å². The van der Waals surface area contributed by atoms with Crippen LogP contribution in [0.15, 0.2) is 72.8 Å². The molecule has 0 unspecified atom stereocenters. The van der Waals surface area contributed by atoms with Gasteiger partial charge >= 0.3 is 18.1 Å². The normalized spacial score (nSPS) is 13.5. The maximum absolute atomic E-state index is 12.4. The predicted molar refractivity (Wildman–Crippen MR) is 147 cm³/mol. The zero-order chi connectivity index (χ0) is 30.0. The summed E-state index contributed by atoms with van der Waals surface area (Å²) >= 11 is 5.89. The Labute approximate surface area is 238 Å². The molecule has 0 saturated carbocycles. The summed E-state index contributed by atoms with van der Waals surface area (Å²) in [4.78, 5) is 37.6. The molecule has 3 aromatic carbocycles. The number of carbonyl (C=O) groups is 3. The van der Waals surface area contributed by atoms with Crippen molar-refractivity contribution in [3.8, 4) is 5.75 Å². The van der Waals surface area contributed by atoms with Crippen LogP contribution in [0.4, 0.5) is 24.5 Å². The lowest BCUT2D eigenvalue weighted by Gasteiger charge is -2.36. The van der Waals surface area contributed by atoms with Crippen LogP contribution >= 0.6 is 11.6 Å². The Kier molecular flexibility index (Phi) is 11.0. The van der Waals surface area contributed by atoms with Crippen LogP contribution in [-0.4, -0.2) is 78.5 Å². The first-order chi connectivity index (χ1) is 19.4. The highest BCUT2D eigenvalue weighted by Gasteiger charge is 2.38. The molecule has 1 heterocycles. The van der Waals surface area contributed by atoms with Crippen LogP contribution in [0.3, 0.4) is 0 Å². The second kappa shape index (κ2) is 14.4. The lowest BCUT2D eigenvalue weighted by Crippen LogP contribution is -2.47. The monoisotopic (exact) mass is 593 g/mol. The Morgan fingerprint density at radius 3 is 2.07 bits per heavy atom. The zero-order valence-electron chi connectivity index (χ0n) is 21.6. The SMILES string of the molecule is O=C(Nc1ccc(N2CCN(CCOc3ccc(Cl)cc3)CC2)c(C(=O)O)c1)c1ccccc1.O=C(O)C(F)(F)F. The summed E-state index contributed by atoms with van der Waals surface area (Å²) in [6, 6.07) is 21.1. The van der Waals surface area contributed by atoms with E-state index in [-0.39, 0.29) is 11.5 Å². The zero-order valence-corrected chi connectivity index (χ0v) is 22.4. The molecule has 0 aliphatic carbocycles. The average Bonchev–Trinajstić information content (AvgIpc) is 2.95. The average molecular weight is 594 g/mol. The van der Waals surface area contributed by atoms with Gasteiger partial charge in [0.15, 0.2) is 0 Å². The number of aromatic carboxylic acids is 1. The van der Waals surface area contributed by atoms with Gasteiger partial charge in [0.05, 0.1) is 11.3 Å². The minimum atomic E-state index is -5.08. The van der Waals surface area contributed by atoms with E-state index in [1.165, 1.54) is 6.07 Å². The number of hydrogen-bond donors (Lipinski definition) is 3. The molecule has 1 amide bonds. The molecule has 0 bridgehead atoms. The molecule has 1 fully saturated rings.